The zero-order valence-corrected chi connectivity index (χ0v) is 10.1. The highest BCUT2D eigenvalue weighted by atomic mass is 35.5. The van der Waals surface area contributed by atoms with E-state index in [9.17, 15) is 0 Å². The second-order valence-corrected chi connectivity index (χ2v) is 3.87. The molecule has 2 nitrogen and oxygen atoms in total. The summed E-state index contributed by atoms with van der Waals surface area (Å²) < 4.78 is 5.19. The third-order valence-corrected chi connectivity index (χ3v) is 2.91. The maximum Gasteiger partial charge on any atom is 0.119 e. The Kier molecular flexibility index (Phi) is 4.43. The maximum absolute atomic E-state index is 5.19. The molecule has 1 heterocycles. The highest BCUT2D eigenvalue weighted by molar-refractivity contribution is 5.85. The van der Waals surface area contributed by atoms with Crippen molar-refractivity contribution >= 4 is 12.4 Å². The fraction of sp³-hybridized carbons (Fsp3) is 0.500. The average molecular weight is 228 g/mol. The van der Waals surface area contributed by atoms with Crippen LogP contribution in [0.15, 0.2) is 18.2 Å². The van der Waals surface area contributed by atoms with Crippen LogP contribution in [-0.4, -0.2) is 13.7 Å². The molecule has 0 radical (unpaired) electrons. The van der Waals surface area contributed by atoms with Crippen molar-refractivity contribution in [1.82, 2.24) is 5.32 Å². The van der Waals surface area contributed by atoms with Crippen LogP contribution in [0.2, 0.25) is 0 Å². The van der Waals surface area contributed by atoms with Crippen molar-refractivity contribution in [1.29, 1.82) is 0 Å². The first-order valence-corrected chi connectivity index (χ1v) is 5.19. The summed E-state index contributed by atoms with van der Waals surface area (Å²) in [6, 6.07) is 6.88. The maximum atomic E-state index is 5.19. The molecular weight excluding hydrogens is 210 g/mol. The van der Waals surface area contributed by atoms with Gasteiger partial charge in [0.05, 0.1) is 7.11 Å². The van der Waals surface area contributed by atoms with Crippen molar-refractivity contribution in [2.75, 3.05) is 13.7 Å². The molecule has 1 aromatic carbocycles. The van der Waals surface area contributed by atoms with Gasteiger partial charge < -0.3 is 10.1 Å². The number of ether oxygens (including phenoxy) is 1. The molecule has 1 fully saturated rings. The number of hydrogen-bond donors (Lipinski definition) is 1. The van der Waals surface area contributed by atoms with Crippen LogP contribution in [0.25, 0.3) is 0 Å². The van der Waals surface area contributed by atoms with Gasteiger partial charge in [-0.2, -0.15) is 0 Å². The van der Waals surface area contributed by atoms with E-state index in [1.165, 1.54) is 24.0 Å². The average Bonchev–Trinajstić information content (AvgIpc) is 2.70. The summed E-state index contributed by atoms with van der Waals surface area (Å²) in [6.07, 6.45) is 2.54. The lowest BCUT2D eigenvalue weighted by Gasteiger charge is -2.14. The second kappa shape index (κ2) is 5.38. The van der Waals surface area contributed by atoms with E-state index in [2.05, 4.69) is 24.4 Å². The van der Waals surface area contributed by atoms with E-state index in [0.717, 1.165) is 12.3 Å². The molecule has 1 aliphatic heterocycles. The van der Waals surface area contributed by atoms with Gasteiger partial charge in [0.1, 0.15) is 5.75 Å². The molecule has 0 amide bonds. The summed E-state index contributed by atoms with van der Waals surface area (Å²) in [4.78, 5) is 0. The molecule has 3 heteroatoms. The number of rotatable bonds is 2. The minimum atomic E-state index is 0. The molecule has 1 N–H and O–H groups in total. The zero-order valence-electron chi connectivity index (χ0n) is 9.25. The van der Waals surface area contributed by atoms with Crippen molar-refractivity contribution in [2.45, 2.75) is 25.8 Å². The van der Waals surface area contributed by atoms with Crippen LogP contribution in [0.5, 0.6) is 5.75 Å². The van der Waals surface area contributed by atoms with Crippen molar-refractivity contribution in [2.24, 2.45) is 0 Å². The number of halogens is 1. The van der Waals surface area contributed by atoms with Gasteiger partial charge in [0, 0.05) is 6.04 Å². The Hall–Kier alpha value is -0.730. The van der Waals surface area contributed by atoms with E-state index in [4.69, 9.17) is 4.74 Å². The molecule has 0 aliphatic carbocycles. The molecule has 0 unspecified atom stereocenters. The summed E-state index contributed by atoms with van der Waals surface area (Å²) >= 11 is 0. The Bertz CT molecular complexity index is 321. The third kappa shape index (κ3) is 2.64. The molecule has 0 aromatic heterocycles. The highest BCUT2D eigenvalue weighted by Crippen LogP contribution is 2.27. The Morgan fingerprint density at radius 3 is 2.73 bits per heavy atom. The quantitative estimate of drug-likeness (QED) is 0.839. The van der Waals surface area contributed by atoms with Gasteiger partial charge in [-0.15, -0.1) is 12.4 Å². The minimum Gasteiger partial charge on any atom is -0.497 e. The first-order chi connectivity index (χ1) is 6.81. The lowest BCUT2D eigenvalue weighted by molar-refractivity contribution is 0.414. The summed E-state index contributed by atoms with van der Waals surface area (Å²) in [5.74, 6) is 0.948. The molecule has 0 saturated carbocycles. The number of benzene rings is 1. The predicted octanol–water partition coefficient (Wildman–Crippen LogP) is 2.85. The summed E-state index contributed by atoms with van der Waals surface area (Å²) in [6.45, 7) is 3.30. The molecule has 1 atom stereocenters. The summed E-state index contributed by atoms with van der Waals surface area (Å²) in [7, 11) is 1.71. The van der Waals surface area contributed by atoms with Crippen molar-refractivity contribution < 1.29 is 4.74 Å². The van der Waals surface area contributed by atoms with Gasteiger partial charge >= 0.3 is 0 Å². The van der Waals surface area contributed by atoms with E-state index in [1.54, 1.807) is 7.11 Å². The van der Waals surface area contributed by atoms with Crippen LogP contribution in [-0.2, 0) is 0 Å². The fourth-order valence-corrected chi connectivity index (χ4v) is 2.12. The van der Waals surface area contributed by atoms with E-state index in [1.807, 2.05) is 6.07 Å². The fourth-order valence-electron chi connectivity index (χ4n) is 2.12. The van der Waals surface area contributed by atoms with E-state index in [-0.39, 0.29) is 12.4 Å². The molecule has 0 spiro atoms. The standard InChI is InChI=1S/C12H17NO.ClH/c1-9-8-10(14-2)5-6-11(9)12-4-3-7-13-12;/h5-6,8,12-13H,3-4,7H2,1-2H3;1H/t12-;/m0./s1. The molecular formula is C12H18ClNO. The third-order valence-electron chi connectivity index (χ3n) is 2.91. The van der Waals surface area contributed by atoms with Crippen LogP contribution in [0.4, 0.5) is 0 Å². The number of hydrogen-bond acceptors (Lipinski definition) is 2. The molecule has 0 bridgehead atoms. The Balaban J connectivity index is 0.00000112. The summed E-state index contributed by atoms with van der Waals surface area (Å²) in [5.41, 5.74) is 2.74. The van der Waals surface area contributed by atoms with Crippen molar-refractivity contribution in [3.63, 3.8) is 0 Å². The predicted molar refractivity (Wildman–Crippen MR) is 65.0 cm³/mol. The van der Waals surface area contributed by atoms with Gasteiger partial charge in [-0.3, -0.25) is 0 Å². The molecule has 1 aromatic rings. The van der Waals surface area contributed by atoms with E-state index in [0.29, 0.717) is 6.04 Å². The monoisotopic (exact) mass is 227 g/mol. The minimum absolute atomic E-state index is 0. The first kappa shape index (κ1) is 12.3. The van der Waals surface area contributed by atoms with Crippen LogP contribution in [0.1, 0.15) is 30.0 Å². The van der Waals surface area contributed by atoms with Gasteiger partial charge in [-0.25, -0.2) is 0 Å². The van der Waals surface area contributed by atoms with Gasteiger partial charge in [0.25, 0.3) is 0 Å². The van der Waals surface area contributed by atoms with Crippen molar-refractivity contribution in [3.05, 3.63) is 29.3 Å². The molecule has 2 rings (SSSR count). The van der Waals surface area contributed by atoms with Crippen LogP contribution in [0.3, 0.4) is 0 Å². The smallest absolute Gasteiger partial charge is 0.119 e. The Morgan fingerprint density at radius 2 is 2.20 bits per heavy atom. The number of nitrogens with one attached hydrogen (secondary N) is 1. The number of aryl methyl sites for hydroxylation is 1. The van der Waals surface area contributed by atoms with Crippen LogP contribution < -0.4 is 10.1 Å². The zero-order chi connectivity index (χ0) is 9.97. The van der Waals surface area contributed by atoms with Crippen molar-refractivity contribution in [3.8, 4) is 5.75 Å². The van der Waals surface area contributed by atoms with E-state index >= 15 is 0 Å². The van der Waals surface area contributed by atoms with Crippen LogP contribution in [0, 0.1) is 6.92 Å². The highest BCUT2D eigenvalue weighted by Gasteiger charge is 2.17. The lowest BCUT2D eigenvalue weighted by atomic mass is 10.00. The lowest BCUT2D eigenvalue weighted by Crippen LogP contribution is -2.13. The topological polar surface area (TPSA) is 21.3 Å². The Labute approximate surface area is 97.4 Å². The first-order valence-electron chi connectivity index (χ1n) is 5.19. The Morgan fingerprint density at radius 1 is 1.40 bits per heavy atom. The molecule has 84 valence electrons. The van der Waals surface area contributed by atoms with Gasteiger partial charge in [-0.05, 0) is 49.6 Å². The SMILES string of the molecule is COc1ccc([C@@H]2CCCN2)c(C)c1.Cl. The van der Waals surface area contributed by atoms with Crippen LogP contribution >= 0.6 is 12.4 Å². The number of methoxy groups -OCH3 is 1. The van der Waals surface area contributed by atoms with Gasteiger partial charge in [-0.1, -0.05) is 6.07 Å². The van der Waals surface area contributed by atoms with Gasteiger partial charge in [0.2, 0.25) is 0 Å². The molecule has 1 saturated heterocycles. The normalized spacial score (nSPS) is 19.7. The summed E-state index contributed by atoms with van der Waals surface area (Å²) in [5, 5.41) is 3.51. The molecule has 15 heavy (non-hydrogen) atoms. The van der Waals surface area contributed by atoms with E-state index < -0.39 is 0 Å². The second-order valence-electron chi connectivity index (χ2n) is 3.87. The molecule has 1 aliphatic rings. The van der Waals surface area contributed by atoms with Gasteiger partial charge in [0.15, 0.2) is 0 Å². The largest absolute Gasteiger partial charge is 0.497 e.